The maximum Gasteiger partial charge on any atom is 0.266 e. The lowest BCUT2D eigenvalue weighted by molar-refractivity contribution is -0.142. The first-order chi connectivity index (χ1) is 14.0. The summed E-state index contributed by atoms with van der Waals surface area (Å²) in [6, 6.07) is 9.22. The van der Waals surface area contributed by atoms with Gasteiger partial charge in [0.1, 0.15) is 10.4 Å². The highest BCUT2D eigenvalue weighted by Crippen LogP contribution is 2.33. The number of hydrogen-bond donors (Lipinski definition) is 1. The Morgan fingerprint density at radius 2 is 2.10 bits per heavy atom. The van der Waals surface area contributed by atoms with Crippen LogP contribution < -0.4 is 0 Å². The predicted molar refractivity (Wildman–Crippen MR) is 121 cm³/mol. The highest BCUT2D eigenvalue weighted by atomic mass is 32.2. The van der Waals surface area contributed by atoms with E-state index in [9.17, 15) is 14.7 Å². The van der Waals surface area contributed by atoms with E-state index in [-0.39, 0.29) is 24.5 Å². The number of carbonyl (C=O) groups is 2. The van der Waals surface area contributed by atoms with Crippen molar-refractivity contribution in [3.05, 3.63) is 53.0 Å². The van der Waals surface area contributed by atoms with Crippen LogP contribution in [0.3, 0.4) is 0 Å². The number of thioether (sulfide) groups is 1. The fourth-order valence-corrected chi connectivity index (χ4v) is 5.10. The van der Waals surface area contributed by atoms with Crippen LogP contribution in [0.4, 0.5) is 0 Å². The van der Waals surface area contributed by atoms with Gasteiger partial charge in [-0.15, -0.1) is 0 Å². The monoisotopic (exact) mass is 430 g/mol. The van der Waals surface area contributed by atoms with Crippen LogP contribution in [0, 0.1) is 0 Å². The highest BCUT2D eigenvalue weighted by Gasteiger charge is 2.40. The van der Waals surface area contributed by atoms with Gasteiger partial charge in [0, 0.05) is 19.2 Å². The zero-order chi connectivity index (χ0) is 20.8. The molecule has 7 heteroatoms. The van der Waals surface area contributed by atoms with E-state index in [0.717, 1.165) is 24.8 Å². The number of hydrogen-bond acceptors (Lipinski definition) is 5. The zero-order valence-corrected chi connectivity index (χ0v) is 18.1. The van der Waals surface area contributed by atoms with Gasteiger partial charge in [0.05, 0.1) is 4.91 Å². The molecule has 2 saturated heterocycles. The number of aliphatic hydroxyl groups is 1. The fraction of sp³-hybridized carbons (Fsp3) is 0.409. The number of piperidine rings is 1. The molecule has 2 heterocycles. The summed E-state index contributed by atoms with van der Waals surface area (Å²) in [5, 5.41) is 9.31. The average Bonchev–Trinajstić information content (AvgIpc) is 3.01. The molecule has 0 bridgehead atoms. The van der Waals surface area contributed by atoms with E-state index in [0.29, 0.717) is 22.2 Å². The lowest BCUT2D eigenvalue weighted by Gasteiger charge is -2.38. The van der Waals surface area contributed by atoms with Gasteiger partial charge in [-0.05, 0) is 44.2 Å². The Hall–Kier alpha value is -1.96. The third-order valence-electron chi connectivity index (χ3n) is 5.28. The number of likely N-dealkylation sites (tertiary alicyclic amines) is 1. The molecule has 2 fully saturated rings. The van der Waals surface area contributed by atoms with Gasteiger partial charge in [-0.25, -0.2) is 0 Å². The van der Waals surface area contributed by atoms with Crippen molar-refractivity contribution in [2.75, 3.05) is 13.2 Å². The molecule has 3 rings (SSSR count). The first-order valence-corrected chi connectivity index (χ1v) is 11.2. The minimum absolute atomic E-state index is 0.0337. The lowest BCUT2D eigenvalue weighted by Crippen LogP contribution is -2.53. The quantitative estimate of drug-likeness (QED) is 0.552. The van der Waals surface area contributed by atoms with Crippen molar-refractivity contribution in [2.45, 2.75) is 44.7 Å². The molecule has 0 saturated carbocycles. The third kappa shape index (κ3) is 5.15. The van der Waals surface area contributed by atoms with Gasteiger partial charge in [0.15, 0.2) is 0 Å². The molecule has 154 valence electrons. The Bertz CT molecular complexity index is 821. The summed E-state index contributed by atoms with van der Waals surface area (Å²) in [5.74, 6) is -0.324. The van der Waals surface area contributed by atoms with Crippen molar-refractivity contribution in [1.82, 2.24) is 9.80 Å². The first-order valence-electron chi connectivity index (χ1n) is 9.93. The van der Waals surface area contributed by atoms with Crippen LogP contribution in [-0.4, -0.2) is 56.3 Å². The Balaban J connectivity index is 1.70. The Kier molecular flexibility index (Phi) is 7.64. The molecule has 0 spiro atoms. The fourth-order valence-electron chi connectivity index (χ4n) is 3.73. The lowest BCUT2D eigenvalue weighted by atomic mass is 9.98. The molecule has 5 nitrogen and oxygen atoms in total. The molecular formula is C22H26N2O3S2. The number of thiocarbonyl (C=S) groups is 1. The summed E-state index contributed by atoms with van der Waals surface area (Å²) in [5.41, 5.74) is 1.04. The normalized spacial score (nSPS) is 22.7. The molecule has 2 aliphatic heterocycles. The van der Waals surface area contributed by atoms with Crippen LogP contribution >= 0.6 is 24.0 Å². The van der Waals surface area contributed by atoms with Gasteiger partial charge < -0.3 is 10.0 Å². The topological polar surface area (TPSA) is 60.9 Å². The van der Waals surface area contributed by atoms with Gasteiger partial charge in [-0.2, -0.15) is 0 Å². The van der Waals surface area contributed by atoms with Crippen molar-refractivity contribution < 1.29 is 14.7 Å². The van der Waals surface area contributed by atoms with E-state index in [1.54, 1.807) is 13.0 Å². The number of carbonyl (C=O) groups excluding carboxylic acids is 2. The van der Waals surface area contributed by atoms with Crippen molar-refractivity contribution in [1.29, 1.82) is 0 Å². The molecule has 0 unspecified atom stereocenters. The molecule has 1 aromatic carbocycles. The van der Waals surface area contributed by atoms with Crippen LogP contribution in [0.15, 0.2) is 47.4 Å². The molecule has 2 amide bonds. The summed E-state index contributed by atoms with van der Waals surface area (Å²) >= 11 is 6.64. The van der Waals surface area contributed by atoms with Crippen LogP contribution in [0.2, 0.25) is 0 Å². The van der Waals surface area contributed by atoms with Crippen molar-refractivity contribution in [3.63, 3.8) is 0 Å². The summed E-state index contributed by atoms with van der Waals surface area (Å²) in [6.07, 6.45) is 8.97. The number of benzene rings is 1. The van der Waals surface area contributed by atoms with Crippen LogP contribution in [-0.2, 0) is 9.59 Å². The molecule has 2 aliphatic rings. The van der Waals surface area contributed by atoms with E-state index in [2.05, 4.69) is 0 Å². The second-order valence-electron chi connectivity index (χ2n) is 7.21. The van der Waals surface area contributed by atoms with Gasteiger partial charge in [0.2, 0.25) is 5.91 Å². The van der Waals surface area contributed by atoms with E-state index >= 15 is 0 Å². The molecule has 1 aromatic rings. The number of rotatable bonds is 6. The smallest absolute Gasteiger partial charge is 0.266 e. The molecular weight excluding hydrogens is 404 g/mol. The summed E-state index contributed by atoms with van der Waals surface area (Å²) in [7, 11) is 0. The van der Waals surface area contributed by atoms with Crippen LogP contribution in [0.25, 0.3) is 6.08 Å². The third-order valence-corrected chi connectivity index (χ3v) is 6.63. The van der Waals surface area contributed by atoms with E-state index in [1.165, 1.54) is 16.7 Å². The Morgan fingerprint density at radius 3 is 2.83 bits per heavy atom. The average molecular weight is 431 g/mol. The van der Waals surface area contributed by atoms with Crippen molar-refractivity contribution >= 4 is 46.2 Å². The van der Waals surface area contributed by atoms with E-state index in [1.807, 2.05) is 47.4 Å². The summed E-state index contributed by atoms with van der Waals surface area (Å²) < 4.78 is 0.408. The van der Waals surface area contributed by atoms with Gasteiger partial charge in [-0.1, -0.05) is 66.5 Å². The second-order valence-corrected chi connectivity index (χ2v) is 8.89. The molecule has 0 radical (unpaired) electrons. The number of aliphatic hydroxyl groups excluding tert-OH is 1. The molecule has 0 aliphatic carbocycles. The molecule has 0 aromatic heterocycles. The van der Waals surface area contributed by atoms with E-state index in [4.69, 9.17) is 12.2 Å². The molecule has 29 heavy (non-hydrogen) atoms. The van der Waals surface area contributed by atoms with Crippen molar-refractivity contribution in [3.8, 4) is 0 Å². The van der Waals surface area contributed by atoms with E-state index < -0.39 is 6.04 Å². The molecule has 1 N–H and O–H groups in total. The Morgan fingerprint density at radius 1 is 1.34 bits per heavy atom. The largest absolute Gasteiger partial charge is 0.396 e. The van der Waals surface area contributed by atoms with Gasteiger partial charge in [0.25, 0.3) is 5.91 Å². The highest BCUT2D eigenvalue weighted by molar-refractivity contribution is 8.26. The maximum atomic E-state index is 13.1. The zero-order valence-electron chi connectivity index (χ0n) is 16.5. The van der Waals surface area contributed by atoms with Gasteiger partial charge >= 0.3 is 0 Å². The Labute approximate surface area is 181 Å². The number of amides is 2. The SMILES string of the molecule is C[C@@H](C(=O)N1CCCC[C@H]1CCO)N1C(=O)/C(=C/C=C/c2ccccc2)SC1=S. The van der Waals surface area contributed by atoms with Crippen LogP contribution in [0.5, 0.6) is 0 Å². The summed E-state index contributed by atoms with van der Waals surface area (Å²) in [6.45, 7) is 2.46. The second kappa shape index (κ2) is 10.2. The predicted octanol–water partition coefficient (Wildman–Crippen LogP) is 3.60. The van der Waals surface area contributed by atoms with Crippen molar-refractivity contribution in [2.24, 2.45) is 0 Å². The number of nitrogens with zero attached hydrogens (tertiary/aromatic N) is 2. The summed E-state index contributed by atoms with van der Waals surface area (Å²) in [4.78, 5) is 29.8. The maximum absolute atomic E-state index is 13.1. The standard InChI is InChI=1S/C22H26N2O3S2/c1-16(20(26)23-14-6-5-11-18(23)13-15-25)24-21(27)19(29-22(24)28)12-7-10-17-8-3-2-4-9-17/h2-4,7-10,12,16,18,25H,5-6,11,13-15H2,1H3/b10-7+,19-12-/t16-,18-/m0/s1. The molecule has 2 atom stereocenters. The minimum Gasteiger partial charge on any atom is -0.396 e. The van der Waals surface area contributed by atoms with Gasteiger partial charge in [-0.3, -0.25) is 14.5 Å². The van der Waals surface area contributed by atoms with Crippen LogP contribution in [0.1, 0.15) is 38.2 Å². The number of allylic oxidation sites excluding steroid dienone is 2. The minimum atomic E-state index is -0.647. The first kappa shape index (κ1) is 21.7.